The topological polar surface area (TPSA) is 101 Å². The Hall–Kier alpha value is -3.22. The van der Waals surface area contributed by atoms with Gasteiger partial charge in [-0.25, -0.2) is 22.3 Å². The van der Waals surface area contributed by atoms with Gasteiger partial charge in [0.15, 0.2) is 0 Å². The van der Waals surface area contributed by atoms with Crippen molar-refractivity contribution in [1.29, 1.82) is 0 Å². The second-order valence-electron chi connectivity index (χ2n) is 8.22. The predicted octanol–water partition coefficient (Wildman–Crippen LogP) is 2.61. The van der Waals surface area contributed by atoms with Crippen molar-refractivity contribution in [2.75, 3.05) is 42.5 Å². The number of amides is 1. The molecular weight excluding hydrogens is 499 g/mol. The molecule has 0 aliphatic carbocycles. The Bertz CT molecular complexity index is 1310. The number of ether oxygens (including phenoxy) is 1. The second kappa shape index (κ2) is 9.44. The van der Waals surface area contributed by atoms with Gasteiger partial charge in [-0.15, -0.1) is 5.10 Å². The molecule has 0 unspecified atom stereocenters. The highest BCUT2D eigenvalue weighted by molar-refractivity contribution is 7.89. The molecule has 2 aromatic carbocycles. The summed E-state index contributed by atoms with van der Waals surface area (Å²) in [7, 11) is -3.66. The third-order valence-corrected chi connectivity index (χ3v) is 8.18. The molecule has 184 valence electrons. The summed E-state index contributed by atoms with van der Waals surface area (Å²) in [6.07, 6.45) is 2.23. The molecule has 1 aromatic heterocycles. The molecule has 3 aromatic rings. The highest BCUT2D eigenvalue weighted by Crippen LogP contribution is 2.29. The Morgan fingerprint density at radius 2 is 1.83 bits per heavy atom. The number of hydrogen-bond donors (Lipinski definition) is 0. The predicted molar refractivity (Wildman–Crippen MR) is 126 cm³/mol. The first-order valence-corrected chi connectivity index (χ1v) is 12.8. The maximum atomic E-state index is 15.1. The minimum Gasteiger partial charge on any atom is -0.442 e. The number of sulfonamides is 1. The number of aromatic nitrogens is 3. The number of hydrogen-bond acceptors (Lipinski definition) is 7. The lowest BCUT2D eigenvalue weighted by Gasteiger charge is -2.35. The van der Waals surface area contributed by atoms with Gasteiger partial charge in [0.1, 0.15) is 11.9 Å². The van der Waals surface area contributed by atoms with Crippen molar-refractivity contribution in [3.8, 4) is 0 Å². The molecule has 1 amide bonds. The van der Waals surface area contributed by atoms with Gasteiger partial charge in [0.25, 0.3) is 0 Å². The van der Waals surface area contributed by atoms with E-state index in [2.05, 4.69) is 10.3 Å². The number of anilines is 2. The summed E-state index contributed by atoms with van der Waals surface area (Å²) < 4.78 is 49.2. The normalized spacial score (nSPS) is 19.3. The number of piperazine rings is 1. The van der Waals surface area contributed by atoms with Gasteiger partial charge in [0, 0.05) is 37.4 Å². The van der Waals surface area contributed by atoms with Crippen LogP contribution in [0.25, 0.3) is 0 Å². The van der Waals surface area contributed by atoms with E-state index in [1.54, 1.807) is 27.9 Å². The molecule has 2 aliphatic heterocycles. The first-order valence-electron chi connectivity index (χ1n) is 10.9. The average molecular weight is 521 g/mol. The molecular formula is C22H22ClFN6O4S. The van der Waals surface area contributed by atoms with Crippen LogP contribution in [-0.2, 0) is 21.3 Å². The summed E-state index contributed by atoms with van der Waals surface area (Å²) >= 11 is 5.86. The quantitative estimate of drug-likeness (QED) is 0.492. The highest BCUT2D eigenvalue weighted by Gasteiger charge is 2.34. The smallest absolute Gasteiger partial charge is 0.414 e. The molecule has 0 spiro atoms. The van der Waals surface area contributed by atoms with E-state index in [1.807, 2.05) is 0 Å². The maximum Gasteiger partial charge on any atom is 0.414 e. The molecule has 2 saturated heterocycles. The number of benzene rings is 2. The van der Waals surface area contributed by atoms with Gasteiger partial charge < -0.3 is 9.64 Å². The summed E-state index contributed by atoms with van der Waals surface area (Å²) in [5, 5.41) is 8.05. The maximum absolute atomic E-state index is 15.1. The fourth-order valence-corrected chi connectivity index (χ4v) is 5.76. The highest BCUT2D eigenvalue weighted by atomic mass is 35.5. The van der Waals surface area contributed by atoms with E-state index in [0.717, 1.165) is 0 Å². The van der Waals surface area contributed by atoms with Crippen molar-refractivity contribution in [2.45, 2.75) is 17.5 Å². The molecule has 0 N–H and O–H groups in total. The van der Waals surface area contributed by atoms with Crippen LogP contribution in [0.5, 0.6) is 0 Å². The lowest BCUT2D eigenvalue weighted by molar-refractivity contribution is 0.129. The first-order chi connectivity index (χ1) is 16.8. The van der Waals surface area contributed by atoms with Gasteiger partial charge in [0.05, 0.1) is 35.6 Å². The van der Waals surface area contributed by atoms with Gasteiger partial charge in [-0.1, -0.05) is 16.8 Å². The van der Waals surface area contributed by atoms with Gasteiger partial charge >= 0.3 is 6.09 Å². The van der Waals surface area contributed by atoms with Crippen molar-refractivity contribution < 1.29 is 22.3 Å². The van der Waals surface area contributed by atoms with Crippen molar-refractivity contribution in [1.82, 2.24) is 19.3 Å². The van der Waals surface area contributed by atoms with E-state index in [9.17, 15) is 13.2 Å². The van der Waals surface area contributed by atoms with E-state index in [-0.39, 0.29) is 24.5 Å². The zero-order chi connectivity index (χ0) is 24.6. The third kappa shape index (κ3) is 4.81. The molecule has 2 aliphatic rings. The Morgan fingerprint density at radius 3 is 2.49 bits per heavy atom. The molecule has 3 heterocycles. The van der Waals surface area contributed by atoms with Crippen LogP contribution in [-0.4, -0.2) is 72.6 Å². The van der Waals surface area contributed by atoms with Crippen LogP contribution < -0.4 is 9.80 Å². The van der Waals surface area contributed by atoms with Gasteiger partial charge in [-0.05, 0) is 42.5 Å². The summed E-state index contributed by atoms with van der Waals surface area (Å²) in [5.41, 5.74) is 0.741. The molecule has 2 fully saturated rings. The molecule has 0 bridgehead atoms. The van der Waals surface area contributed by atoms with E-state index >= 15 is 4.39 Å². The fourth-order valence-electron chi connectivity index (χ4n) is 4.21. The molecule has 35 heavy (non-hydrogen) atoms. The molecule has 1 atom stereocenters. The number of rotatable bonds is 6. The first kappa shape index (κ1) is 23.5. The van der Waals surface area contributed by atoms with Crippen LogP contribution in [0, 0.1) is 5.82 Å². The Labute approximate surface area is 206 Å². The van der Waals surface area contributed by atoms with Crippen molar-refractivity contribution in [3.05, 3.63) is 65.7 Å². The lowest BCUT2D eigenvalue weighted by Crippen LogP contribution is -2.48. The lowest BCUT2D eigenvalue weighted by atomic mass is 10.2. The Morgan fingerprint density at radius 1 is 1.09 bits per heavy atom. The zero-order valence-electron chi connectivity index (χ0n) is 18.5. The summed E-state index contributed by atoms with van der Waals surface area (Å²) in [5.74, 6) is -0.496. The van der Waals surface area contributed by atoms with Gasteiger partial charge in [-0.2, -0.15) is 4.31 Å². The van der Waals surface area contributed by atoms with Crippen LogP contribution in [0.2, 0.25) is 5.02 Å². The molecule has 0 saturated carbocycles. The summed E-state index contributed by atoms with van der Waals surface area (Å²) in [6.45, 7) is 1.71. The van der Waals surface area contributed by atoms with Crippen molar-refractivity contribution in [3.63, 3.8) is 0 Å². The Kier molecular flexibility index (Phi) is 6.34. The number of carbonyl (C=O) groups excluding carboxylic acids is 1. The SMILES string of the molecule is O=C1O[C@@H](Cn2ccnn2)CN1c1ccc(N2CCN(S(=O)(=O)c3ccc(Cl)cc3)CC2)c(F)c1. The molecule has 5 rings (SSSR count). The third-order valence-electron chi connectivity index (χ3n) is 6.01. The van der Waals surface area contributed by atoms with Crippen molar-refractivity contribution >= 4 is 39.1 Å². The molecule has 0 radical (unpaired) electrons. The second-order valence-corrected chi connectivity index (χ2v) is 10.6. The van der Waals surface area contributed by atoms with Gasteiger partial charge in [-0.3, -0.25) is 4.90 Å². The summed E-state index contributed by atoms with van der Waals surface area (Å²) in [6, 6.07) is 10.6. The summed E-state index contributed by atoms with van der Waals surface area (Å²) in [4.78, 5) is 15.7. The van der Waals surface area contributed by atoms with Crippen LogP contribution in [0.1, 0.15) is 0 Å². The minimum absolute atomic E-state index is 0.172. The minimum atomic E-state index is -3.66. The number of halogens is 2. The number of nitrogens with zero attached hydrogens (tertiary/aromatic N) is 6. The van der Waals surface area contributed by atoms with E-state index in [4.69, 9.17) is 16.3 Å². The largest absolute Gasteiger partial charge is 0.442 e. The van der Waals surface area contributed by atoms with Crippen LogP contribution in [0.15, 0.2) is 59.8 Å². The van der Waals surface area contributed by atoms with E-state index < -0.39 is 28.0 Å². The fraction of sp³-hybridized carbons (Fsp3) is 0.318. The van der Waals surface area contributed by atoms with E-state index in [1.165, 1.54) is 45.7 Å². The van der Waals surface area contributed by atoms with Gasteiger partial charge in [0.2, 0.25) is 10.0 Å². The van der Waals surface area contributed by atoms with Crippen molar-refractivity contribution in [2.24, 2.45) is 0 Å². The molecule has 13 heteroatoms. The van der Waals surface area contributed by atoms with Crippen LogP contribution in [0.4, 0.5) is 20.6 Å². The van der Waals surface area contributed by atoms with Crippen LogP contribution in [0.3, 0.4) is 0 Å². The standard InChI is InChI=1S/C22H22ClFN6O4S/c23-16-1-4-19(5-2-16)35(32,33)29-11-9-27(10-12-29)21-6-3-17(13-20(21)24)30-15-18(34-22(30)31)14-28-8-7-25-26-28/h1-8,13,18H,9-12,14-15H2/t18-/m0/s1. The number of cyclic esters (lactones) is 1. The Balaban J connectivity index is 1.23. The van der Waals surface area contributed by atoms with E-state index in [0.29, 0.717) is 36.0 Å². The zero-order valence-corrected chi connectivity index (χ0v) is 20.1. The molecule has 10 nitrogen and oxygen atoms in total. The monoisotopic (exact) mass is 520 g/mol. The van der Waals surface area contributed by atoms with Crippen LogP contribution >= 0.6 is 11.6 Å². The number of carbonyl (C=O) groups is 1. The average Bonchev–Trinajstić information content (AvgIpc) is 3.49.